The van der Waals surface area contributed by atoms with Crippen molar-refractivity contribution in [2.75, 3.05) is 13.1 Å². The van der Waals surface area contributed by atoms with Crippen molar-refractivity contribution in [2.45, 2.75) is 53.4 Å². The van der Waals surface area contributed by atoms with Crippen LogP contribution in [0.25, 0.3) is 0 Å². The molecule has 0 aromatic heterocycles. The Morgan fingerprint density at radius 3 is 2.25 bits per heavy atom. The van der Waals surface area contributed by atoms with Gasteiger partial charge in [0, 0.05) is 25.4 Å². The largest absolute Gasteiger partial charge is 0.481 e. The number of carboxylic acid groups (broad SMARTS) is 1. The summed E-state index contributed by atoms with van der Waals surface area (Å²) in [6.45, 7) is 9.21. The summed E-state index contributed by atoms with van der Waals surface area (Å²) in [4.78, 5) is 22.5. The van der Waals surface area contributed by atoms with Crippen LogP contribution in [-0.4, -0.2) is 30.1 Å². The van der Waals surface area contributed by atoms with Crippen molar-refractivity contribution < 1.29 is 14.7 Å². The molecule has 2 unspecified atom stereocenters. The summed E-state index contributed by atoms with van der Waals surface area (Å²) < 4.78 is 0. The fraction of sp³-hybridized carbons (Fsp3) is 0.867. The normalized spacial score (nSPS) is 14.7. The van der Waals surface area contributed by atoms with Gasteiger partial charge in [-0.2, -0.15) is 0 Å². The highest BCUT2D eigenvalue weighted by molar-refractivity contribution is 5.78. The van der Waals surface area contributed by atoms with Gasteiger partial charge in [-0.15, -0.1) is 0 Å². The topological polar surface area (TPSA) is 92.4 Å². The molecule has 0 aromatic rings. The molecule has 0 saturated carbocycles. The molecule has 5 nitrogen and oxygen atoms in total. The first-order valence-electron chi connectivity index (χ1n) is 7.41. The van der Waals surface area contributed by atoms with E-state index in [1.807, 2.05) is 6.92 Å². The Balaban J connectivity index is 4.27. The molecule has 0 aliphatic heterocycles. The molecule has 0 saturated heterocycles. The summed E-state index contributed by atoms with van der Waals surface area (Å²) in [7, 11) is 0. The number of rotatable bonds is 9. The zero-order valence-electron chi connectivity index (χ0n) is 13.2. The van der Waals surface area contributed by atoms with E-state index >= 15 is 0 Å². The molecule has 0 fully saturated rings. The lowest BCUT2D eigenvalue weighted by molar-refractivity contribution is -0.137. The summed E-state index contributed by atoms with van der Waals surface area (Å²) >= 11 is 0. The van der Waals surface area contributed by atoms with E-state index in [-0.39, 0.29) is 29.6 Å². The molecule has 0 bridgehead atoms. The number of carbonyl (C=O) groups excluding carboxylic acids is 1. The van der Waals surface area contributed by atoms with Crippen LogP contribution in [0.1, 0.15) is 53.4 Å². The Labute approximate surface area is 122 Å². The van der Waals surface area contributed by atoms with Crippen LogP contribution >= 0.6 is 0 Å². The standard InChI is InChI=1S/C15H30N2O3/c1-5-11(10-16)14(20)17-9-8-12(15(2,3)4)6-7-13(18)19/h11-12H,5-10,16H2,1-4H3,(H,17,20)(H,18,19). The SMILES string of the molecule is CCC(CN)C(=O)NCCC(CCC(=O)O)C(C)(C)C. The van der Waals surface area contributed by atoms with Crippen molar-refractivity contribution in [2.24, 2.45) is 23.0 Å². The predicted molar refractivity (Wildman–Crippen MR) is 80.3 cm³/mol. The van der Waals surface area contributed by atoms with E-state index in [0.29, 0.717) is 19.5 Å². The summed E-state index contributed by atoms with van der Waals surface area (Å²) in [5.74, 6) is -0.614. The van der Waals surface area contributed by atoms with E-state index in [1.165, 1.54) is 0 Å². The molecular formula is C15H30N2O3. The first-order valence-corrected chi connectivity index (χ1v) is 7.41. The highest BCUT2D eigenvalue weighted by atomic mass is 16.4. The highest BCUT2D eigenvalue weighted by Crippen LogP contribution is 2.32. The summed E-state index contributed by atoms with van der Waals surface area (Å²) in [5.41, 5.74) is 5.58. The fourth-order valence-corrected chi connectivity index (χ4v) is 2.28. The molecule has 0 aliphatic carbocycles. The summed E-state index contributed by atoms with van der Waals surface area (Å²) in [5, 5.41) is 11.7. The quantitative estimate of drug-likeness (QED) is 0.604. The van der Waals surface area contributed by atoms with Gasteiger partial charge in [0.2, 0.25) is 5.91 Å². The van der Waals surface area contributed by atoms with Crippen LogP contribution in [0.2, 0.25) is 0 Å². The maximum atomic E-state index is 11.8. The van der Waals surface area contributed by atoms with Gasteiger partial charge in [0.1, 0.15) is 0 Å². The lowest BCUT2D eigenvalue weighted by Crippen LogP contribution is -2.36. The number of nitrogens with one attached hydrogen (secondary N) is 1. The number of hydrogen-bond acceptors (Lipinski definition) is 3. The van der Waals surface area contributed by atoms with Gasteiger partial charge in [0.15, 0.2) is 0 Å². The van der Waals surface area contributed by atoms with Crippen molar-refractivity contribution in [3.05, 3.63) is 0 Å². The third kappa shape index (κ3) is 7.48. The first-order chi connectivity index (χ1) is 9.22. The minimum Gasteiger partial charge on any atom is -0.481 e. The van der Waals surface area contributed by atoms with E-state index in [4.69, 9.17) is 10.8 Å². The van der Waals surface area contributed by atoms with Crippen LogP contribution in [-0.2, 0) is 9.59 Å². The number of nitrogens with two attached hydrogens (primary N) is 1. The van der Waals surface area contributed by atoms with Gasteiger partial charge in [-0.1, -0.05) is 27.7 Å². The molecule has 5 heteroatoms. The molecule has 1 amide bonds. The molecule has 0 aliphatic rings. The molecule has 0 aromatic carbocycles. The van der Waals surface area contributed by atoms with Crippen LogP contribution < -0.4 is 11.1 Å². The monoisotopic (exact) mass is 286 g/mol. The van der Waals surface area contributed by atoms with E-state index in [2.05, 4.69) is 26.1 Å². The third-order valence-electron chi connectivity index (χ3n) is 3.87. The molecule has 2 atom stereocenters. The number of aliphatic carboxylic acids is 1. The molecular weight excluding hydrogens is 256 g/mol. The zero-order valence-corrected chi connectivity index (χ0v) is 13.2. The van der Waals surface area contributed by atoms with E-state index in [9.17, 15) is 9.59 Å². The fourth-order valence-electron chi connectivity index (χ4n) is 2.28. The van der Waals surface area contributed by atoms with Crippen LogP contribution in [0.5, 0.6) is 0 Å². The van der Waals surface area contributed by atoms with E-state index < -0.39 is 5.97 Å². The summed E-state index contributed by atoms with van der Waals surface area (Å²) in [6.07, 6.45) is 2.35. The predicted octanol–water partition coefficient (Wildman–Crippen LogP) is 2.00. The Hall–Kier alpha value is -1.10. The highest BCUT2D eigenvalue weighted by Gasteiger charge is 2.25. The van der Waals surface area contributed by atoms with Gasteiger partial charge >= 0.3 is 5.97 Å². The average molecular weight is 286 g/mol. The molecule has 0 heterocycles. The second kappa shape index (κ2) is 8.95. The molecule has 0 rings (SSSR count). The van der Waals surface area contributed by atoms with Gasteiger partial charge in [-0.3, -0.25) is 9.59 Å². The lowest BCUT2D eigenvalue weighted by Gasteiger charge is -2.30. The second-order valence-corrected chi connectivity index (χ2v) is 6.42. The Bertz CT molecular complexity index is 307. The van der Waals surface area contributed by atoms with Crippen molar-refractivity contribution in [1.82, 2.24) is 5.32 Å². The van der Waals surface area contributed by atoms with Crippen LogP contribution in [0.15, 0.2) is 0 Å². The van der Waals surface area contributed by atoms with Gasteiger partial charge in [-0.25, -0.2) is 0 Å². The lowest BCUT2D eigenvalue weighted by atomic mass is 9.76. The maximum Gasteiger partial charge on any atom is 0.303 e. The number of carboxylic acids is 1. The van der Waals surface area contributed by atoms with Crippen LogP contribution in [0.4, 0.5) is 0 Å². The molecule has 20 heavy (non-hydrogen) atoms. The number of amides is 1. The third-order valence-corrected chi connectivity index (χ3v) is 3.87. The molecule has 0 spiro atoms. The minimum atomic E-state index is -0.766. The molecule has 0 radical (unpaired) electrons. The Morgan fingerprint density at radius 2 is 1.85 bits per heavy atom. The first kappa shape index (κ1) is 18.9. The Kier molecular flexibility index (Phi) is 8.46. The van der Waals surface area contributed by atoms with Crippen LogP contribution in [0.3, 0.4) is 0 Å². The number of hydrogen-bond donors (Lipinski definition) is 3. The van der Waals surface area contributed by atoms with Gasteiger partial charge in [0.05, 0.1) is 0 Å². The van der Waals surface area contributed by atoms with Crippen molar-refractivity contribution in [3.8, 4) is 0 Å². The summed E-state index contributed by atoms with van der Waals surface area (Å²) in [6, 6.07) is 0. The second-order valence-electron chi connectivity index (χ2n) is 6.42. The van der Waals surface area contributed by atoms with Crippen LogP contribution in [0, 0.1) is 17.3 Å². The molecule has 118 valence electrons. The van der Waals surface area contributed by atoms with Crippen molar-refractivity contribution in [1.29, 1.82) is 0 Å². The minimum absolute atomic E-state index is 0.000828. The maximum absolute atomic E-state index is 11.8. The van der Waals surface area contributed by atoms with E-state index in [0.717, 1.165) is 12.8 Å². The molecule has 4 N–H and O–H groups in total. The van der Waals surface area contributed by atoms with Gasteiger partial charge in [0.25, 0.3) is 0 Å². The van der Waals surface area contributed by atoms with Crippen molar-refractivity contribution >= 4 is 11.9 Å². The smallest absolute Gasteiger partial charge is 0.303 e. The van der Waals surface area contributed by atoms with Gasteiger partial charge < -0.3 is 16.2 Å². The van der Waals surface area contributed by atoms with E-state index in [1.54, 1.807) is 0 Å². The number of carbonyl (C=O) groups is 2. The average Bonchev–Trinajstić information content (AvgIpc) is 2.33. The zero-order chi connectivity index (χ0) is 15.8. The van der Waals surface area contributed by atoms with Gasteiger partial charge in [-0.05, 0) is 30.6 Å². The van der Waals surface area contributed by atoms with Crippen molar-refractivity contribution in [3.63, 3.8) is 0 Å². The Morgan fingerprint density at radius 1 is 1.25 bits per heavy atom.